The molecule has 6 N–H and O–H groups in total. The number of rotatable bonds is 58. The Hall–Kier alpha value is -2.89. The first-order chi connectivity index (χ1) is 39.8. The monoisotopic (exact) mass is 1130 g/mol. The predicted molar refractivity (Wildman–Crippen MR) is 345 cm³/mol. The van der Waals surface area contributed by atoms with Crippen molar-refractivity contribution >= 4 is 5.91 Å². The molecule has 0 spiro atoms. The quantitative estimate of drug-likeness (QED) is 0.0261. The fraction of sp³-hybridized carbons (Fsp3) is 0.764. The van der Waals surface area contributed by atoms with Crippen molar-refractivity contribution in [2.24, 2.45) is 0 Å². The summed E-state index contributed by atoms with van der Waals surface area (Å²) in [7, 11) is 0. The zero-order valence-electron chi connectivity index (χ0n) is 52.3. The number of unbranched alkanes of at least 4 members (excludes halogenated alkanes) is 34. The number of allylic oxidation sites excluding steroid dienone is 15. The van der Waals surface area contributed by atoms with Gasteiger partial charge in [-0.1, -0.05) is 297 Å². The smallest absolute Gasteiger partial charge is 0.220 e. The summed E-state index contributed by atoms with van der Waals surface area (Å²) in [6, 6.07) is -0.838. The Kier molecular flexibility index (Phi) is 56.6. The third-order valence-electron chi connectivity index (χ3n) is 15.6. The predicted octanol–water partition coefficient (Wildman–Crippen LogP) is 18.3. The molecule has 7 unspecified atom stereocenters. The van der Waals surface area contributed by atoms with Gasteiger partial charge in [0.15, 0.2) is 6.29 Å². The number of hydrogen-bond acceptors (Lipinski definition) is 8. The Labute approximate surface area is 498 Å². The van der Waals surface area contributed by atoms with Gasteiger partial charge in [0.05, 0.1) is 25.4 Å². The molecule has 9 heteroatoms. The lowest BCUT2D eigenvalue weighted by Crippen LogP contribution is -2.60. The van der Waals surface area contributed by atoms with E-state index < -0.39 is 49.5 Å². The van der Waals surface area contributed by atoms with Gasteiger partial charge < -0.3 is 40.3 Å². The summed E-state index contributed by atoms with van der Waals surface area (Å²) in [5, 5.41) is 54.7. The summed E-state index contributed by atoms with van der Waals surface area (Å²) in [6.07, 6.45) is 80.8. The molecule has 1 rings (SSSR count). The zero-order valence-corrected chi connectivity index (χ0v) is 52.3. The highest BCUT2D eigenvalue weighted by molar-refractivity contribution is 5.76. The van der Waals surface area contributed by atoms with Crippen LogP contribution in [0.3, 0.4) is 0 Å². The summed E-state index contributed by atoms with van der Waals surface area (Å²) in [5.74, 6) is -0.195. The summed E-state index contributed by atoms with van der Waals surface area (Å²) in [6.45, 7) is 3.67. The fourth-order valence-corrected chi connectivity index (χ4v) is 10.3. The van der Waals surface area contributed by atoms with Crippen molar-refractivity contribution in [1.82, 2.24) is 5.32 Å². The van der Waals surface area contributed by atoms with Crippen LogP contribution in [-0.4, -0.2) is 87.5 Å². The zero-order chi connectivity index (χ0) is 58.6. The third-order valence-corrected chi connectivity index (χ3v) is 15.6. The molecule has 0 aliphatic carbocycles. The summed E-state index contributed by atoms with van der Waals surface area (Å²) in [4.78, 5) is 13.1. The maximum Gasteiger partial charge on any atom is 0.220 e. The van der Waals surface area contributed by atoms with E-state index >= 15 is 0 Å². The SMILES string of the molecule is CC/C=C\C/C=C\C/C=C\C/C=C\C/C=C\CCCCCCCCCCCCCC(=O)NC(COC1OC(CO)C(O)C(O)C1O)C(O)/C=C/CC/C=C/CC/C=C/CCCCCCCCCCCCCCCCCCCCCCC. The van der Waals surface area contributed by atoms with Gasteiger partial charge >= 0.3 is 0 Å². The summed E-state index contributed by atoms with van der Waals surface area (Å²) < 4.78 is 11.3. The van der Waals surface area contributed by atoms with Crippen molar-refractivity contribution in [2.75, 3.05) is 13.2 Å². The molecule has 0 aromatic rings. The number of carbonyl (C=O) groups is 1. The second kappa shape index (κ2) is 60.2. The first-order valence-corrected chi connectivity index (χ1v) is 34.0. The van der Waals surface area contributed by atoms with Gasteiger partial charge in [-0.25, -0.2) is 0 Å². The van der Waals surface area contributed by atoms with Crippen LogP contribution in [0, 0.1) is 0 Å². The van der Waals surface area contributed by atoms with E-state index in [0.29, 0.717) is 6.42 Å². The summed E-state index contributed by atoms with van der Waals surface area (Å²) >= 11 is 0. The third kappa shape index (κ3) is 49.1. The largest absolute Gasteiger partial charge is 0.394 e. The number of amides is 1. The van der Waals surface area contributed by atoms with Crippen molar-refractivity contribution < 1.29 is 39.8 Å². The first-order valence-electron chi connectivity index (χ1n) is 34.0. The van der Waals surface area contributed by atoms with Crippen LogP contribution in [0.1, 0.15) is 296 Å². The van der Waals surface area contributed by atoms with Gasteiger partial charge in [-0.2, -0.15) is 0 Å². The van der Waals surface area contributed by atoms with Crippen molar-refractivity contribution in [3.05, 3.63) is 97.2 Å². The Morgan fingerprint density at radius 1 is 0.432 bits per heavy atom. The number of carbonyl (C=O) groups excluding carboxylic acids is 1. The molecule has 1 heterocycles. The van der Waals surface area contributed by atoms with E-state index in [9.17, 15) is 30.3 Å². The summed E-state index contributed by atoms with van der Waals surface area (Å²) in [5.41, 5.74) is 0. The van der Waals surface area contributed by atoms with E-state index in [1.807, 2.05) is 6.08 Å². The first kappa shape index (κ1) is 76.1. The van der Waals surface area contributed by atoms with Gasteiger partial charge in [0.25, 0.3) is 0 Å². The van der Waals surface area contributed by atoms with Crippen LogP contribution < -0.4 is 5.32 Å². The van der Waals surface area contributed by atoms with Crippen LogP contribution in [-0.2, 0) is 14.3 Å². The number of aliphatic hydroxyl groups excluding tert-OH is 5. The standard InChI is InChI=1S/C72H127NO8/c1-3-5-7-9-11-13-15-17-19-21-23-25-27-29-31-32-33-34-36-37-39-41-43-45-47-49-51-53-55-57-59-61-66(75)65(64-80-72-71(79)70(78)69(77)67(63-74)81-72)73-68(76)62-60-58-56-54-52-50-48-46-44-42-40-38-35-30-28-26-24-22-20-18-16-14-12-10-8-6-4-2/h6,8,12,14,18,20,24,26,30,35,43,45,51,53,59,61,65-67,69-72,74-75,77-79H,3-5,7,9-11,13,15-17,19,21-23,25,27-29,31-34,36-42,44,46-50,52,54-58,60,62-64H2,1-2H3,(H,73,76)/b8-6-,14-12-,20-18-,26-24-,35-30-,45-43+,53-51+,61-59+. The second-order valence-corrected chi connectivity index (χ2v) is 23.2. The van der Waals surface area contributed by atoms with Crippen molar-refractivity contribution in [1.29, 1.82) is 0 Å². The molecule has 0 aromatic heterocycles. The molecule has 1 aliphatic rings. The Morgan fingerprint density at radius 2 is 0.778 bits per heavy atom. The minimum atomic E-state index is -1.58. The molecule has 7 atom stereocenters. The molecule has 1 amide bonds. The highest BCUT2D eigenvalue weighted by atomic mass is 16.7. The fourth-order valence-electron chi connectivity index (χ4n) is 10.3. The van der Waals surface area contributed by atoms with Crippen LogP contribution in [0.2, 0.25) is 0 Å². The molecule has 1 aliphatic heterocycles. The van der Waals surface area contributed by atoms with Crippen molar-refractivity contribution in [3.63, 3.8) is 0 Å². The molecule has 9 nitrogen and oxygen atoms in total. The molecule has 0 radical (unpaired) electrons. The van der Waals surface area contributed by atoms with E-state index in [2.05, 4.69) is 104 Å². The van der Waals surface area contributed by atoms with Crippen LogP contribution >= 0.6 is 0 Å². The number of nitrogens with one attached hydrogen (secondary N) is 1. The highest BCUT2D eigenvalue weighted by Crippen LogP contribution is 2.23. The average Bonchev–Trinajstić information content (AvgIpc) is 3.48. The molecule has 468 valence electrons. The van der Waals surface area contributed by atoms with E-state index in [0.717, 1.165) is 89.9 Å². The Balaban J connectivity index is 2.19. The molecule has 0 saturated carbocycles. The number of hydrogen-bond donors (Lipinski definition) is 6. The maximum atomic E-state index is 13.1. The van der Waals surface area contributed by atoms with Crippen molar-refractivity contribution in [2.45, 2.75) is 339 Å². The molecule has 0 bridgehead atoms. The van der Waals surface area contributed by atoms with Crippen molar-refractivity contribution in [3.8, 4) is 0 Å². The van der Waals surface area contributed by atoms with E-state index in [-0.39, 0.29) is 12.5 Å². The van der Waals surface area contributed by atoms with Crippen LogP contribution in [0.5, 0.6) is 0 Å². The van der Waals surface area contributed by atoms with Crippen LogP contribution in [0.4, 0.5) is 0 Å². The lowest BCUT2D eigenvalue weighted by molar-refractivity contribution is -0.302. The van der Waals surface area contributed by atoms with Gasteiger partial charge in [0, 0.05) is 6.42 Å². The topological polar surface area (TPSA) is 149 Å². The highest BCUT2D eigenvalue weighted by Gasteiger charge is 2.44. The van der Waals surface area contributed by atoms with E-state index in [4.69, 9.17) is 9.47 Å². The average molecular weight is 1130 g/mol. The van der Waals surface area contributed by atoms with Gasteiger partial charge in [-0.15, -0.1) is 0 Å². The van der Waals surface area contributed by atoms with Gasteiger partial charge in [-0.3, -0.25) is 4.79 Å². The van der Waals surface area contributed by atoms with Gasteiger partial charge in [0.1, 0.15) is 24.4 Å². The minimum Gasteiger partial charge on any atom is -0.394 e. The molecule has 81 heavy (non-hydrogen) atoms. The normalized spacial score (nSPS) is 19.0. The molecular formula is C72H127NO8. The molecular weight excluding hydrogens is 1010 g/mol. The van der Waals surface area contributed by atoms with E-state index in [1.54, 1.807) is 6.08 Å². The molecule has 1 saturated heterocycles. The van der Waals surface area contributed by atoms with E-state index in [1.165, 1.54) is 186 Å². The lowest BCUT2D eigenvalue weighted by Gasteiger charge is -2.40. The van der Waals surface area contributed by atoms with Gasteiger partial charge in [-0.05, 0) is 89.9 Å². The maximum absolute atomic E-state index is 13.1. The number of ether oxygens (including phenoxy) is 2. The van der Waals surface area contributed by atoms with Crippen LogP contribution in [0.15, 0.2) is 97.2 Å². The second-order valence-electron chi connectivity index (χ2n) is 23.2. The Bertz CT molecular complexity index is 1600. The minimum absolute atomic E-state index is 0.195. The number of aliphatic hydroxyl groups is 5. The molecule has 0 aromatic carbocycles. The van der Waals surface area contributed by atoms with Gasteiger partial charge in [0.2, 0.25) is 5.91 Å². The Morgan fingerprint density at radius 3 is 1.19 bits per heavy atom. The van der Waals surface area contributed by atoms with Crippen LogP contribution in [0.25, 0.3) is 0 Å². The molecule has 1 fully saturated rings. The lowest BCUT2D eigenvalue weighted by atomic mass is 9.99.